The molecule has 2 atom stereocenters. The Morgan fingerprint density at radius 2 is 2.07 bits per heavy atom. The summed E-state index contributed by atoms with van der Waals surface area (Å²) in [5, 5.41) is 5.86. The van der Waals surface area contributed by atoms with Gasteiger partial charge in [-0.15, -0.1) is 0 Å². The SMILES string of the molecule is CC1CC[N]C(c2ccc(Cl)c(Cl)c2)C1. The predicted octanol–water partition coefficient (Wildman–Crippen LogP) is 4.07. The number of hydrogen-bond acceptors (Lipinski definition) is 0. The lowest BCUT2D eigenvalue weighted by molar-refractivity contribution is 0.319. The van der Waals surface area contributed by atoms with Crippen LogP contribution in [0.15, 0.2) is 18.2 Å². The molecule has 1 aromatic rings. The van der Waals surface area contributed by atoms with Gasteiger partial charge in [0.1, 0.15) is 0 Å². The highest BCUT2D eigenvalue weighted by Gasteiger charge is 2.21. The molecular formula is C12H14Cl2N. The summed E-state index contributed by atoms with van der Waals surface area (Å²) < 4.78 is 0. The molecule has 0 aromatic heterocycles. The van der Waals surface area contributed by atoms with Crippen LogP contribution in [-0.2, 0) is 0 Å². The smallest absolute Gasteiger partial charge is 0.0595 e. The molecule has 1 saturated heterocycles. The fourth-order valence-electron chi connectivity index (χ4n) is 1.99. The molecule has 3 heteroatoms. The van der Waals surface area contributed by atoms with Gasteiger partial charge in [0.25, 0.3) is 0 Å². The van der Waals surface area contributed by atoms with Crippen molar-refractivity contribution in [2.24, 2.45) is 5.92 Å². The van der Waals surface area contributed by atoms with Crippen LogP contribution in [0.1, 0.15) is 31.4 Å². The van der Waals surface area contributed by atoms with Crippen molar-refractivity contribution >= 4 is 23.2 Å². The summed E-state index contributed by atoms with van der Waals surface area (Å²) in [5.74, 6) is 0.752. The van der Waals surface area contributed by atoms with Gasteiger partial charge in [-0.2, -0.15) is 0 Å². The Labute approximate surface area is 101 Å². The molecule has 0 bridgehead atoms. The normalized spacial score (nSPS) is 26.6. The molecule has 1 fully saturated rings. The quantitative estimate of drug-likeness (QED) is 0.705. The highest BCUT2D eigenvalue weighted by molar-refractivity contribution is 6.42. The van der Waals surface area contributed by atoms with E-state index < -0.39 is 0 Å². The number of hydrogen-bond donors (Lipinski definition) is 0. The lowest BCUT2D eigenvalue weighted by atomic mass is 9.90. The van der Waals surface area contributed by atoms with Crippen molar-refractivity contribution in [1.29, 1.82) is 0 Å². The summed E-state index contributed by atoms with van der Waals surface area (Å²) in [6.45, 7) is 3.24. The lowest BCUT2D eigenvalue weighted by Gasteiger charge is -2.27. The van der Waals surface area contributed by atoms with Crippen LogP contribution >= 0.6 is 23.2 Å². The summed E-state index contributed by atoms with van der Waals surface area (Å²) in [4.78, 5) is 0. The van der Waals surface area contributed by atoms with Crippen molar-refractivity contribution in [3.8, 4) is 0 Å². The number of piperidine rings is 1. The molecule has 0 amide bonds. The molecule has 1 nitrogen and oxygen atoms in total. The molecule has 1 heterocycles. The molecule has 2 unspecified atom stereocenters. The van der Waals surface area contributed by atoms with E-state index in [1.165, 1.54) is 12.0 Å². The number of rotatable bonds is 1. The highest BCUT2D eigenvalue weighted by Crippen LogP contribution is 2.31. The predicted molar refractivity (Wildman–Crippen MR) is 64.6 cm³/mol. The van der Waals surface area contributed by atoms with E-state index in [9.17, 15) is 0 Å². The largest absolute Gasteiger partial charge is 0.234 e. The fourth-order valence-corrected chi connectivity index (χ4v) is 2.29. The second kappa shape index (κ2) is 4.73. The van der Waals surface area contributed by atoms with Crippen molar-refractivity contribution in [2.75, 3.05) is 6.54 Å². The molecule has 81 valence electrons. The maximum absolute atomic E-state index is 6.00. The molecule has 1 aliphatic rings. The van der Waals surface area contributed by atoms with Gasteiger partial charge in [0.2, 0.25) is 0 Å². The Hall–Kier alpha value is -0.240. The van der Waals surface area contributed by atoms with Crippen molar-refractivity contribution in [3.63, 3.8) is 0 Å². The van der Waals surface area contributed by atoms with E-state index in [2.05, 4.69) is 12.2 Å². The molecular weight excluding hydrogens is 229 g/mol. The molecule has 2 rings (SSSR count). The standard InChI is InChI=1S/C12H14Cl2N/c1-8-4-5-15-12(6-8)9-2-3-10(13)11(14)7-9/h2-3,7-8,12H,4-6H2,1H3. The maximum Gasteiger partial charge on any atom is 0.0595 e. The van der Waals surface area contributed by atoms with Crippen LogP contribution in [0, 0.1) is 5.92 Å². The molecule has 1 aliphatic heterocycles. The van der Waals surface area contributed by atoms with Crippen LogP contribution in [0.2, 0.25) is 10.0 Å². The molecule has 0 aliphatic carbocycles. The average Bonchev–Trinajstić information content (AvgIpc) is 2.22. The van der Waals surface area contributed by atoms with Crippen molar-refractivity contribution < 1.29 is 0 Å². The van der Waals surface area contributed by atoms with E-state index in [0.717, 1.165) is 18.9 Å². The van der Waals surface area contributed by atoms with Gasteiger partial charge in [-0.3, -0.25) is 0 Å². The first-order valence-corrected chi connectivity index (χ1v) is 6.04. The Kier molecular flexibility index (Phi) is 3.55. The third-order valence-corrected chi connectivity index (χ3v) is 3.66. The first-order valence-electron chi connectivity index (χ1n) is 5.28. The van der Waals surface area contributed by atoms with Gasteiger partial charge >= 0.3 is 0 Å². The number of benzene rings is 1. The van der Waals surface area contributed by atoms with Gasteiger partial charge in [0.05, 0.1) is 10.0 Å². The lowest BCUT2D eigenvalue weighted by Crippen LogP contribution is -2.25. The summed E-state index contributed by atoms with van der Waals surface area (Å²) >= 11 is 11.9. The van der Waals surface area contributed by atoms with Crippen molar-refractivity contribution in [3.05, 3.63) is 33.8 Å². The Morgan fingerprint density at radius 1 is 1.27 bits per heavy atom. The zero-order valence-electron chi connectivity index (χ0n) is 8.71. The molecule has 0 N–H and O–H groups in total. The van der Waals surface area contributed by atoms with Gasteiger partial charge in [0.15, 0.2) is 0 Å². The third kappa shape index (κ3) is 2.66. The monoisotopic (exact) mass is 242 g/mol. The highest BCUT2D eigenvalue weighted by atomic mass is 35.5. The van der Waals surface area contributed by atoms with Crippen LogP contribution in [0.25, 0.3) is 0 Å². The minimum absolute atomic E-state index is 0.309. The topological polar surface area (TPSA) is 14.1 Å². The van der Waals surface area contributed by atoms with E-state index in [0.29, 0.717) is 16.1 Å². The van der Waals surface area contributed by atoms with Gasteiger partial charge in [0, 0.05) is 12.6 Å². The summed E-state index contributed by atoms with van der Waals surface area (Å²) in [7, 11) is 0. The van der Waals surface area contributed by atoms with Crippen molar-refractivity contribution in [2.45, 2.75) is 25.8 Å². The molecule has 15 heavy (non-hydrogen) atoms. The third-order valence-electron chi connectivity index (χ3n) is 2.93. The van der Waals surface area contributed by atoms with E-state index in [1.807, 2.05) is 18.2 Å². The van der Waals surface area contributed by atoms with Gasteiger partial charge in [-0.1, -0.05) is 36.2 Å². The second-order valence-electron chi connectivity index (χ2n) is 4.23. The molecule has 0 spiro atoms. The van der Waals surface area contributed by atoms with E-state index >= 15 is 0 Å². The fraction of sp³-hybridized carbons (Fsp3) is 0.500. The van der Waals surface area contributed by atoms with Crippen LogP contribution in [-0.4, -0.2) is 6.54 Å². The minimum atomic E-state index is 0.309. The van der Waals surface area contributed by atoms with E-state index in [1.54, 1.807) is 0 Å². The first-order chi connectivity index (χ1) is 7.16. The average molecular weight is 243 g/mol. The van der Waals surface area contributed by atoms with Crippen LogP contribution in [0.4, 0.5) is 0 Å². The first kappa shape index (κ1) is 11.3. The minimum Gasteiger partial charge on any atom is -0.234 e. The summed E-state index contributed by atoms with van der Waals surface area (Å²) in [6, 6.07) is 6.13. The molecule has 1 aromatic carbocycles. The zero-order chi connectivity index (χ0) is 10.8. The van der Waals surface area contributed by atoms with Crippen LogP contribution < -0.4 is 5.32 Å². The Balaban J connectivity index is 2.18. The molecule has 0 saturated carbocycles. The van der Waals surface area contributed by atoms with E-state index in [-0.39, 0.29) is 0 Å². The summed E-state index contributed by atoms with van der Waals surface area (Å²) in [6.07, 6.45) is 2.33. The maximum atomic E-state index is 6.00. The van der Waals surface area contributed by atoms with Gasteiger partial charge in [-0.05, 0) is 36.5 Å². The van der Waals surface area contributed by atoms with Crippen molar-refractivity contribution in [1.82, 2.24) is 5.32 Å². The molecule has 1 radical (unpaired) electrons. The number of halogens is 2. The second-order valence-corrected chi connectivity index (χ2v) is 5.04. The Bertz CT molecular complexity index is 351. The van der Waals surface area contributed by atoms with Crippen LogP contribution in [0.5, 0.6) is 0 Å². The van der Waals surface area contributed by atoms with Crippen LogP contribution in [0.3, 0.4) is 0 Å². The Morgan fingerprint density at radius 3 is 2.73 bits per heavy atom. The van der Waals surface area contributed by atoms with Gasteiger partial charge < -0.3 is 0 Å². The van der Waals surface area contributed by atoms with Gasteiger partial charge in [-0.25, -0.2) is 5.32 Å². The number of nitrogens with zero attached hydrogens (tertiary/aromatic N) is 1. The van der Waals surface area contributed by atoms with E-state index in [4.69, 9.17) is 23.2 Å². The summed E-state index contributed by atoms with van der Waals surface area (Å²) in [5.41, 5.74) is 1.19. The zero-order valence-corrected chi connectivity index (χ0v) is 10.2.